The van der Waals surface area contributed by atoms with Crippen molar-refractivity contribution < 1.29 is 4.79 Å². The number of rotatable bonds is 6. The number of anilines is 2. The number of nitrogens with zero attached hydrogens (tertiary/aromatic N) is 3. The molecule has 0 radical (unpaired) electrons. The van der Waals surface area contributed by atoms with Gasteiger partial charge in [-0.2, -0.15) is 10.1 Å². The molecule has 1 heterocycles. The van der Waals surface area contributed by atoms with Crippen LogP contribution in [0.2, 0.25) is 5.02 Å². The highest BCUT2D eigenvalue weighted by Gasteiger charge is 2.28. The van der Waals surface area contributed by atoms with Crippen LogP contribution in [-0.4, -0.2) is 18.2 Å². The molecule has 3 aromatic carbocycles. The van der Waals surface area contributed by atoms with Gasteiger partial charge in [0.05, 0.1) is 17.0 Å². The molecule has 0 saturated carbocycles. The second kappa shape index (κ2) is 9.19. The van der Waals surface area contributed by atoms with E-state index in [1.165, 1.54) is 10.6 Å². The third-order valence-corrected chi connectivity index (χ3v) is 5.55. The molecule has 0 fully saturated rings. The van der Waals surface area contributed by atoms with Gasteiger partial charge in [0.25, 0.3) is 5.91 Å². The fourth-order valence-corrected chi connectivity index (χ4v) is 3.71. The van der Waals surface area contributed by atoms with Gasteiger partial charge in [-0.1, -0.05) is 54.1 Å². The summed E-state index contributed by atoms with van der Waals surface area (Å²) in [7, 11) is 0. The number of hydrogen-bond acceptors (Lipinski definition) is 3. The van der Waals surface area contributed by atoms with Gasteiger partial charge in [-0.05, 0) is 67.4 Å². The van der Waals surface area contributed by atoms with E-state index in [9.17, 15) is 4.79 Å². The van der Waals surface area contributed by atoms with Crippen molar-refractivity contribution in [3.05, 3.63) is 101 Å². The van der Waals surface area contributed by atoms with Crippen molar-refractivity contribution in [2.45, 2.75) is 20.4 Å². The molecule has 0 unspecified atom stereocenters. The lowest BCUT2D eigenvalue weighted by molar-refractivity contribution is -0.114. The summed E-state index contributed by atoms with van der Waals surface area (Å²) in [5.74, 6) is -0.136. The maximum absolute atomic E-state index is 12.9. The first-order valence-electron chi connectivity index (χ1n) is 10.3. The predicted molar refractivity (Wildman–Crippen MR) is 130 cm³/mol. The first-order chi connectivity index (χ1) is 15.0. The van der Waals surface area contributed by atoms with E-state index in [0.717, 1.165) is 24.3 Å². The Morgan fingerprint density at radius 1 is 0.968 bits per heavy atom. The molecule has 0 atom stereocenters. The van der Waals surface area contributed by atoms with Gasteiger partial charge in [0.2, 0.25) is 0 Å². The monoisotopic (exact) mass is 429 g/mol. The maximum atomic E-state index is 12.9. The minimum Gasteiger partial charge on any atom is -0.367 e. The Hall–Kier alpha value is -3.37. The molecule has 0 spiro atoms. The van der Waals surface area contributed by atoms with Crippen LogP contribution in [0.3, 0.4) is 0 Å². The molecule has 156 valence electrons. The second-order valence-electron chi connectivity index (χ2n) is 7.43. The molecular weight excluding hydrogens is 406 g/mol. The van der Waals surface area contributed by atoms with E-state index in [2.05, 4.69) is 53.3 Å². The van der Waals surface area contributed by atoms with Crippen LogP contribution in [0.25, 0.3) is 6.08 Å². The van der Waals surface area contributed by atoms with Gasteiger partial charge in [0, 0.05) is 23.8 Å². The summed E-state index contributed by atoms with van der Waals surface area (Å²) in [5, 5.41) is 6.48. The fraction of sp³-hybridized carbons (Fsp3) is 0.154. The van der Waals surface area contributed by atoms with Crippen molar-refractivity contribution in [1.82, 2.24) is 0 Å². The summed E-state index contributed by atoms with van der Waals surface area (Å²) in [4.78, 5) is 15.3. The maximum Gasteiger partial charge on any atom is 0.280 e. The summed E-state index contributed by atoms with van der Waals surface area (Å²) in [6.07, 6.45) is 1.90. The van der Waals surface area contributed by atoms with Crippen molar-refractivity contribution in [2.75, 3.05) is 16.5 Å². The van der Waals surface area contributed by atoms with Crippen molar-refractivity contribution in [2.24, 2.45) is 5.10 Å². The van der Waals surface area contributed by atoms with Crippen LogP contribution in [0.15, 0.2) is 89.5 Å². The highest BCUT2D eigenvalue weighted by atomic mass is 35.5. The van der Waals surface area contributed by atoms with Crippen LogP contribution < -0.4 is 9.91 Å². The molecule has 1 aliphatic heterocycles. The Morgan fingerprint density at radius 2 is 1.65 bits per heavy atom. The Labute approximate surface area is 188 Å². The Balaban J connectivity index is 1.52. The largest absolute Gasteiger partial charge is 0.367 e. The van der Waals surface area contributed by atoms with E-state index in [1.807, 2.05) is 31.2 Å². The van der Waals surface area contributed by atoms with Crippen molar-refractivity contribution in [3.8, 4) is 0 Å². The van der Waals surface area contributed by atoms with Gasteiger partial charge in [-0.3, -0.25) is 4.79 Å². The first kappa shape index (κ1) is 20.9. The third-order valence-electron chi connectivity index (χ3n) is 5.30. The van der Waals surface area contributed by atoms with E-state index < -0.39 is 0 Å². The Bertz CT molecular complexity index is 1120. The zero-order valence-corrected chi connectivity index (χ0v) is 18.4. The zero-order chi connectivity index (χ0) is 21.8. The van der Waals surface area contributed by atoms with E-state index in [0.29, 0.717) is 22.0 Å². The molecule has 5 heteroatoms. The SMILES string of the molecule is CCN(Cc1ccccc1)c1ccc(C=C2C(=O)N(c3ccc(Cl)cc3)N=C2C)cc1. The van der Waals surface area contributed by atoms with Crippen LogP contribution in [-0.2, 0) is 11.3 Å². The Morgan fingerprint density at radius 3 is 2.29 bits per heavy atom. The van der Waals surface area contributed by atoms with Gasteiger partial charge in [-0.25, -0.2) is 0 Å². The molecule has 1 aliphatic rings. The van der Waals surface area contributed by atoms with Crippen molar-refractivity contribution in [3.63, 3.8) is 0 Å². The summed E-state index contributed by atoms with van der Waals surface area (Å²) in [5.41, 5.74) is 5.39. The average molecular weight is 430 g/mol. The first-order valence-corrected chi connectivity index (χ1v) is 10.7. The number of hydrazone groups is 1. The van der Waals surface area contributed by atoms with Gasteiger partial charge in [0.15, 0.2) is 0 Å². The normalized spacial score (nSPS) is 14.8. The average Bonchev–Trinajstić information content (AvgIpc) is 3.07. The molecule has 31 heavy (non-hydrogen) atoms. The number of carbonyl (C=O) groups excluding carboxylic acids is 1. The van der Waals surface area contributed by atoms with Crippen LogP contribution in [0, 0.1) is 0 Å². The molecule has 4 rings (SSSR count). The van der Waals surface area contributed by atoms with Crippen LogP contribution >= 0.6 is 11.6 Å². The van der Waals surface area contributed by atoms with Gasteiger partial charge < -0.3 is 4.90 Å². The summed E-state index contributed by atoms with van der Waals surface area (Å²) in [6, 6.07) is 25.8. The second-order valence-corrected chi connectivity index (χ2v) is 7.86. The number of carbonyl (C=O) groups is 1. The van der Waals surface area contributed by atoms with E-state index >= 15 is 0 Å². The molecule has 0 aromatic heterocycles. The number of hydrogen-bond donors (Lipinski definition) is 0. The quantitative estimate of drug-likeness (QED) is 0.439. The third kappa shape index (κ3) is 4.70. The van der Waals surface area contributed by atoms with Gasteiger partial charge in [-0.15, -0.1) is 0 Å². The number of benzene rings is 3. The highest BCUT2D eigenvalue weighted by Crippen LogP contribution is 2.27. The standard InChI is InChI=1S/C26H24ClN3O/c1-3-29(18-21-7-5-4-6-8-21)23-13-9-20(10-14-23)17-25-19(2)28-30(26(25)31)24-15-11-22(27)12-16-24/h4-17H,3,18H2,1-2H3. The van der Waals surface area contributed by atoms with Crippen LogP contribution in [0.4, 0.5) is 11.4 Å². The molecule has 0 bridgehead atoms. The van der Waals surface area contributed by atoms with Crippen molar-refractivity contribution in [1.29, 1.82) is 0 Å². The van der Waals surface area contributed by atoms with E-state index in [4.69, 9.17) is 11.6 Å². The molecular formula is C26H24ClN3O. The van der Waals surface area contributed by atoms with Gasteiger partial charge >= 0.3 is 0 Å². The topological polar surface area (TPSA) is 35.9 Å². The number of amides is 1. The fourth-order valence-electron chi connectivity index (χ4n) is 3.58. The molecule has 1 amide bonds. The van der Waals surface area contributed by atoms with E-state index in [1.54, 1.807) is 24.3 Å². The van der Waals surface area contributed by atoms with Crippen LogP contribution in [0.5, 0.6) is 0 Å². The van der Waals surface area contributed by atoms with Gasteiger partial charge in [0.1, 0.15) is 0 Å². The molecule has 0 aliphatic carbocycles. The van der Waals surface area contributed by atoms with Crippen molar-refractivity contribution >= 4 is 40.7 Å². The summed E-state index contributed by atoms with van der Waals surface area (Å²) in [6.45, 7) is 5.78. The lowest BCUT2D eigenvalue weighted by Gasteiger charge is -2.23. The highest BCUT2D eigenvalue weighted by molar-refractivity contribution is 6.32. The minimum absolute atomic E-state index is 0.136. The zero-order valence-electron chi connectivity index (χ0n) is 17.6. The lowest BCUT2D eigenvalue weighted by atomic mass is 10.1. The molecule has 0 N–H and O–H groups in total. The summed E-state index contributed by atoms with van der Waals surface area (Å²) < 4.78 is 0. The lowest BCUT2D eigenvalue weighted by Crippen LogP contribution is -2.22. The minimum atomic E-state index is -0.136. The Kier molecular flexibility index (Phi) is 6.19. The number of halogens is 1. The molecule has 0 saturated heterocycles. The van der Waals surface area contributed by atoms with Crippen LogP contribution in [0.1, 0.15) is 25.0 Å². The summed E-state index contributed by atoms with van der Waals surface area (Å²) >= 11 is 5.96. The predicted octanol–water partition coefficient (Wildman–Crippen LogP) is 6.17. The van der Waals surface area contributed by atoms with E-state index in [-0.39, 0.29) is 5.91 Å². The molecule has 4 nitrogen and oxygen atoms in total. The smallest absolute Gasteiger partial charge is 0.280 e. The molecule has 3 aromatic rings.